The second-order valence-corrected chi connectivity index (χ2v) is 8.27. The zero-order valence-electron chi connectivity index (χ0n) is 19.5. The number of guanidine groups is 1. The minimum absolute atomic E-state index is 0. The zero-order valence-corrected chi connectivity index (χ0v) is 21.8. The third-order valence-corrected chi connectivity index (χ3v) is 5.77. The molecule has 1 unspecified atom stereocenters. The molecule has 0 bridgehead atoms. The minimum atomic E-state index is -0.213. The van der Waals surface area contributed by atoms with Crippen LogP contribution in [0.1, 0.15) is 37.8 Å². The van der Waals surface area contributed by atoms with E-state index in [2.05, 4.69) is 51.7 Å². The number of nitrogens with zero attached hydrogens (tertiary/aromatic N) is 3. The van der Waals surface area contributed by atoms with Gasteiger partial charge in [-0.2, -0.15) is 0 Å². The van der Waals surface area contributed by atoms with Gasteiger partial charge in [0.05, 0.1) is 19.3 Å². The average Bonchev–Trinajstić information content (AvgIpc) is 2.77. The highest BCUT2D eigenvalue weighted by Crippen LogP contribution is 2.13. The standard InChI is InChI=1S/C23H37N5O3.HI/c1-4-30-23(29)28-10-8-21(9-11-28)26-22(24-3)25-15-19-6-5-7-20(14-19)17-27-12-13-31-18(2)16-27;/h5-7,14,18,21H,4,8-13,15-17H2,1-3H3,(H2,24,25,26);1H. The molecule has 2 aliphatic heterocycles. The first-order valence-electron chi connectivity index (χ1n) is 11.4. The van der Waals surface area contributed by atoms with Crippen molar-refractivity contribution in [3.8, 4) is 0 Å². The second-order valence-electron chi connectivity index (χ2n) is 8.27. The number of morpholine rings is 1. The topological polar surface area (TPSA) is 78.4 Å². The number of carbonyl (C=O) groups excluding carboxylic acids is 1. The lowest BCUT2D eigenvalue weighted by Gasteiger charge is -2.32. The van der Waals surface area contributed by atoms with Gasteiger partial charge in [0.1, 0.15) is 0 Å². The van der Waals surface area contributed by atoms with Gasteiger partial charge in [-0.1, -0.05) is 24.3 Å². The number of benzene rings is 1. The van der Waals surface area contributed by atoms with Crippen LogP contribution in [0.3, 0.4) is 0 Å². The van der Waals surface area contributed by atoms with E-state index in [1.54, 1.807) is 11.9 Å². The third kappa shape index (κ3) is 8.40. The van der Waals surface area contributed by atoms with Gasteiger partial charge >= 0.3 is 6.09 Å². The average molecular weight is 559 g/mol. The number of halogens is 1. The van der Waals surface area contributed by atoms with Gasteiger partial charge in [0.2, 0.25) is 0 Å². The summed E-state index contributed by atoms with van der Waals surface area (Å²) in [5.74, 6) is 0.794. The van der Waals surface area contributed by atoms with Gasteiger partial charge in [-0.15, -0.1) is 24.0 Å². The summed E-state index contributed by atoms with van der Waals surface area (Å²) in [5.41, 5.74) is 2.56. The van der Waals surface area contributed by atoms with E-state index in [9.17, 15) is 4.79 Å². The largest absolute Gasteiger partial charge is 0.450 e. The molecule has 1 atom stereocenters. The van der Waals surface area contributed by atoms with Crippen LogP contribution < -0.4 is 10.6 Å². The Morgan fingerprint density at radius 1 is 1.25 bits per heavy atom. The van der Waals surface area contributed by atoms with Crippen LogP contribution in [-0.2, 0) is 22.6 Å². The first-order valence-corrected chi connectivity index (χ1v) is 11.4. The van der Waals surface area contributed by atoms with Gasteiger partial charge in [0, 0.05) is 52.4 Å². The Morgan fingerprint density at radius 3 is 2.69 bits per heavy atom. The van der Waals surface area contributed by atoms with Crippen molar-refractivity contribution in [3.63, 3.8) is 0 Å². The molecule has 1 aromatic carbocycles. The van der Waals surface area contributed by atoms with Crippen LogP contribution in [0, 0.1) is 0 Å². The lowest BCUT2D eigenvalue weighted by molar-refractivity contribution is -0.0212. The maximum Gasteiger partial charge on any atom is 0.409 e. The van der Waals surface area contributed by atoms with Crippen LogP contribution >= 0.6 is 24.0 Å². The number of hydrogen-bond acceptors (Lipinski definition) is 5. The van der Waals surface area contributed by atoms with Crippen LogP contribution in [0.5, 0.6) is 0 Å². The zero-order chi connectivity index (χ0) is 22.1. The van der Waals surface area contributed by atoms with Crippen LogP contribution in [0.4, 0.5) is 4.79 Å². The summed E-state index contributed by atoms with van der Waals surface area (Å²) in [4.78, 5) is 20.4. The third-order valence-electron chi connectivity index (χ3n) is 5.77. The molecule has 1 amide bonds. The van der Waals surface area contributed by atoms with Crippen molar-refractivity contribution in [2.75, 3.05) is 46.4 Å². The van der Waals surface area contributed by atoms with E-state index in [0.717, 1.165) is 45.0 Å². The van der Waals surface area contributed by atoms with Crippen LogP contribution in [0.2, 0.25) is 0 Å². The molecule has 0 saturated carbocycles. The lowest BCUT2D eigenvalue weighted by Crippen LogP contribution is -2.49. The molecule has 2 fully saturated rings. The van der Waals surface area contributed by atoms with E-state index in [-0.39, 0.29) is 30.1 Å². The van der Waals surface area contributed by atoms with Crippen LogP contribution in [0.25, 0.3) is 0 Å². The number of hydrogen-bond donors (Lipinski definition) is 2. The molecule has 8 nitrogen and oxygen atoms in total. The summed E-state index contributed by atoms with van der Waals surface area (Å²) in [7, 11) is 1.79. The first-order chi connectivity index (χ1) is 15.1. The van der Waals surface area contributed by atoms with Crippen molar-refractivity contribution in [1.29, 1.82) is 0 Å². The highest BCUT2D eigenvalue weighted by Gasteiger charge is 2.24. The molecular formula is C23H38IN5O3. The maximum absolute atomic E-state index is 11.8. The summed E-state index contributed by atoms with van der Waals surface area (Å²) in [6.45, 7) is 10.2. The highest BCUT2D eigenvalue weighted by molar-refractivity contribution is 14.0. The fourth-order valence-corrected chi connectivity index (χ4v) is 4.13. The molecule has 32 heavy (non-hydrogen) atoms. The molecule has 2 aliphatic rings. The van der Waals surface area contributed by atoms with Crippen LogP contribution in [0.15, 0.2) is 29.3 Å². The summed E-state index contributed by atoms with van der Waals surface area (Å²) in [6.07, 6.45) is 1.85. The number of piperidine rings is 1. The predicted octanol–water partition coefficient (Wildman–Crippen LogP) is 2.81. The van der Waals surface area contributed by atoms with E-state index in [0.29, 0.717) is 38.4 Å². The van der Waals surface area contributed by atoms with Crippen molar-refractivity contribution in [2.45, 2.75) is 51.9 Å². The van der Waals surface area contributed by atoms with Crippen molar-refractivity contribution < 1.29 is 14.3 Å². The van der Waals surface area contributed by atoms with E-state index in [4.69, 9.17) is 9.47 Å². The molecule has 1 aromatic rings. The first kappa shape index (κ1) is 26.7. The molecule has 9 heteroatoms. The monoisotopic (exact) mass is 559 g/mol. The quantitative estimate of drug-likeness (QED) is 0.317. The lowest BCUT2D eigenvalue weighted by atomic mass is 10.1. The number of nitrogens with one attached hydrogen (secondary N) is 2. The Morgan fingerprint density at radius 2 is 2.00 bits per heavy atom. The van der Waals surface area contributed by atoms with Crippen molar-refractivity contribution in [2.24, 2.45) is 4.99 Å². The number of carbonyl (C=O) groups is 1. The Labute approximate surface area is 209 Å². The molecule has 0 radical (unpaired) electrons. The fourth-order valence-electron chi connectivity index (χ4n) is 4.13. The molecule has 180 valence electrons. The van der Waals surface area contributed by atoms with Crippen molar-refractivity contribution in [1.82, 2.24) is 20.4 Å². The Hall–Kier alpha value is -1.59. The summed E-state index contributed by atoms with van der Waals surface area (Å²) in [5, 5.41) is 6.92. The van der Waals surface area contributed by atoms with Gasteiger partial charge in [0.25, 0.3) is 0 Å². The van der Waals surface area contributed by atoms with Gasteiger partial charge in [-0.25, -0.2) is 4.79 Å². The molecule has 0 aliphatic carbocycles. The molecule has 2 N–H and O–H groups in total. The second kappa shape index (κ2) is 13.8. The van der Waals surface area contributed by atoms with Gasteiger partial charge in [0.15, 0.2) is 5.96 Å². The molecule has 2 saturated heterocycles. The Balaban J connectivity index is 0.00000363. The number of likely N-dealkylation sites (tertiary alicyclic amines) is 1. The maximum atomic E-state index is 11.8. The summed E-state index contributed by atoms with van der Waals surface area (Å²) in [6, 6.07) is 9.01. The van der Waals surface area contributed by atoms with Crippen molar-refractivity contribution >= 4 is 36.0 Å². The molecular weight excluding hydrogens is 521 g/mol. The fraction of sp³-hybridized carbons (Fsp3) is 0.652. The van der Waals surface area contributed by atoms with Crippen LogP contribution in [-0.4, -0.2) is 80.4 Å². The van der Waals surface area contributed by atoms with Crippen molar-refractivity contribution in [3.05, 3.63) is 35.4 Å². The minimum Gasteiger partial charge on any atom is -0.450 e. The molecule has 3 rings (SSSR count). The molecule has 2 heterocycles. The Kier molecular flexibility index (Phi) is 11.5. The van der Waals surface area contributed by atoms with Gasteiger partial charge in [-0.05, 0) is 37.8 Å². The summed E-state index contributed by atoms with van der Waals surface area (Å²) >= 11 is 0. The number of rotatable bonds is 6. The van der Waals surface area contributed by atoms with E-state index < -0.39 is 0 Å². The number of amides is 1. The normalized spacial score (nSPS) is 20.4. The van der Waals surface area contributed by atoms with E-state index in [1.165, 1.54) is 11.1 Å². The predicted molar refractivity (Wildman–Crippen MR) is 137 cm³/mol. The highest BCUT2D eigenvalue weighted by atomic mass is 127. The van der Waals surface area contributed by atoms with Gasteiger partial charge < -0.3 is 25.0 Å². The van der Waals surface area contributed by atoms with Gasteiger partial charge in [-0.3, -0.25) is 9.89 Å². The summed E-state index contributed by atoms with van der Waals surface area (Å²) < 4.78 is 10.7. The van der Waals surface area contributed by atoms with E-state index >= 15 is 0 Å². The Bertz CT molecular complexity index is 740. The number of ether oxygens (including phenoxy) is 2. The smallest absolute Gasteiger partial charge is 0.409 e. The molecule has 0 spiro atoms. The number of aliphatic imine (C=N–C) groups is 1. The SMILES string of the molecule is CCOC(=O)N1CCC(NC(=NC)NCc2cccc(CN3CCOC(C)C3)c2)CC1.I. The van der Waals surface area contributed by atoms with E-state index in [1.807, 2.05) is 6.92 Å². The molecule has 0 aromatic heterocycles.